The third-order valence-corrected chi connectivity index (χ3v) is 9.74. The van der Waals surface area contributed by atoms with Gasteiger partial charge in [-0.15, -0.1) is 11.3 Å². The Hall–Kier alpha value is -1.78. The maximum atomic E-state index is 13.3. The van der Waals surface area contributed by atoms with E-state index in [2.05, 4.69) is 33.8 Å². The zero-order chi connectivity index (χ0) is 27.9. The highest BCUT2D eigenvalue weighted by atomic mass is 32.1. The first-order chi connectivity index (χ1) is 18.0. The first-order valence-corrected chi connectivity index (χ1v) is 15.8. The van der Waals surface area contributed by atoms with E-state index in [1.165, 1.54) is 38.5 Å². The Morgan fingerprint density at radius 3 is 2.13 bits per heavy atom. The van der Waals surface area contributed by atoms with Crippen molar-refractivity contribution in [2.24, 2.45) is 17.8 Å². The van der Waals surface area contributed by atoms with E-state index in [0.717, 1.165) is 68.6 Å². The van der Waals surface area contributed by atoms with Gasteiger partial charge in [-0.25, -0.2) is 4.98 Å². The number of benzene rings is 2. The minimum atomic E-state index is -0.767. The molecule has 210 valence electrons. The van der Waals surface area contributed by atoms with Crippen molar-refractivity contribution in [1.82, 2.24) is 4.98 Å². The van der Waals surface area contributed by atoms with Crippen LogP contribution in [0.4, 0.5) is 0 Å². The molecular formula is C34H51NO2S. The summed E-state index contributed by atoms with van der Waals surface area (Å²) >= 11 is 1.66. The lowest BCUT2D eigenvalue weighted by molar-refractivity contribution is 0.0386. The van der Waals surface area contributed by atoms with Crippen LogP contribution in [0, 0.1) is 31.6 Å². The Morgan fingerprint density at radius 1 is 0.868 bits per heavy atom. The second kappa shape index (κ2) is 14.0. The topological polar surface area (TPSA) is 50.2 Å². The fourth-order valence-corrected chi connectivity index (χ4v) is 6.86. The van der Waals surface area contributed by atoms with E-state index in [-0.39, 0.29) is 5.43 Å². The molecule has 0 radical (unpaired) electrons. The average molecular weight is 538 g/mol. The summed E-state index contributed by atoms with van der Waals surface area (Å²) in [4.78, 5) is 19.2. The lowest BCUT2D eigenvalue weighted by atomic mass is 9.87. The van der Waals surface area contributed by atoms with Gasteiger partial charge in [-0.05, 0) is 75.5 Å². The maximum Gasteiger partial charge on any atom is 0.186 e. The molecule has 0 fully saturated rings. The Morgan fingerprint density at radius 2 is 1.47 bits per heavy atom. The first-order valence-electron chi connectivity index (χ1n) is 15.0. The number of para-hydroxylation sites is 1. The molecule has 3 atom stereocenters. The van der Waals surface area contributed by atoms with Gasteiger partial charge < -0.3 is 5.11 Å². The number of aromatic nitrogens is 1. The van der Waals surface area contributed by atoms with Crippen molar-refractivity contribution in [3.8, 4) is 10.6 Å². The molecule has 1 aliphatic carbocycles. The molecule has 3 rings (SSSR count). The van der Waals surface area contributed by atoms with E-state index in [1.807, 2.05) is 39.0 Å². The number of nitrogens with zero attached hydrogens (tertiary/aromatic N) is 1. The molecule has 1 unspecified atom stereocenters. The van der Waals surface area contributed by atoms with Crippen molar-refractivity contribution >= 4 is 21.6 Å². The summed E-state index contributed by atoms with van der Waals surface area (Å²) in [5.74, 6) is 2.36. The number of fused-ring (bicyclic) bond motifs is 2. The van der Waals surface area contributed by atoms with Gasteiger partial charge in [-0.1, -0.05) is 91.2 Å². The van der Waals surface area contributed by atoms with Gasteiger partial charge in [0.15, 0.2) is 5.43 Å². The summed E-state index contributed by atoms with van der Waals surface area (Å²) in [6.07, 6.45) is 12.2. The zero-order valence-corrected chi connectivity index (χ0v) is 25.8. The highest BCUT2D eigenvalue weighted by molar-refractivity contribution is 7.21. The van der Waals surface area contributed by atoms with Crippen LogP contribution in [0.15, 0.2) is 29.1 Å². The quantitative estimate of drug-likeness (QED) is 0.196. The highest BCUT2D eigenvalue weighted by Crippen LogP contribution is 2.36. The Kier molecular flexibility index (Phi) is 11.4. The molecule has 0 amide bonds. The Labute approximate surface area is 235 Å². The average Bonchev–Trinajstić information content (AvgIpc) is 2.86. The molecule has 4 heteroatoms. The molecule has 1 N–H and O–H groups in total. The first kappa shape index (κ1) is 30.8. The van der Waals surface area contributed by atoms with Gasteiger partial charge in [0.05, 0.1) is 26.4 Å². The van der Waals surface area contributed by atoms with Crippen LogP contribution >= 0.6 is 11.3 Å². The van der Waals surface area contributed by atoms with E-state index < -0.39 is 5.60 Å². The second-order valence-electron chi connectivity index (χ2n) is 12.8. The van der Waals surface area contributed by atoms with Crippen molar-refractivity contribution < 1.29 is 5.11 Å². The molecule has 2 aliphatic rings. The van der Waals surface area contributed by atoms with Gasteiger partial charge >= 0.3 is 0 Å². The van der Waals surface area contributed by atoms with Crippen LogP contribution < -0.4 is 5.43 Å². The van der Waals surface area contributed by atoms with E-state index in [0.29, 0.717) is 18.8 Å². The van der Waals surface area contributed by atoms with Crippen molar-refractivity contribution in [1.29, 1.82) is 0 Å². The SMILES string of the molecule is Cc1c2nc3ccccc3sc-2c(CCC(C)(O)CCC[C@H](C)CCC[C@H](C)CCCC(C)C)c(=O)c1C. The molecule has 1 aromatic rings. The summed E-state index contributed by atoms with van der Waals surface area (Å²) in [6, 6.07) is 8.13. The van der Waals surface area contributed by atoms with Gasteiger partial charge in [0, 0.05) is 11.1 Å². The monoisotopic (exact) mass is 537 g/mol. The van der Waals surface area contributed by atoms with Gasteiger partial charge in [0.1, 0.15) is 0 Å². The van der Waals surface area contributed by atoms with Crippen LogP contribution in [-0.2, 0) is 6.42 Å². The van der Waals surface area contributed by atoms with E-state index in [4.69, 9.17) is 4.98 Å². The zero-order valence-electron chi connectivity index (χ0n) is 25.0. The molecule has 0 bridgehead atoms. The number of hydrogen-bond acceptors (Lipinski definition) is 4. The molecule has 1 heterocycles. The molecule has 1 aliphatic heterocycles. The molecule has 1 aromatic carbocycles. The number of aliphatic hydroxyl groups is 1. The molecule has 0 aromatic heterocycles. The van der Waals surface area contributed by atoms with Crippen LogP contribution in [0.1, 0.15) is 116 Å². The minimum Gasteiger partial charge on any atom is -0.390 e. The molecule has 3 nitrogen and oxygen atoms in total. The summed E-state index contributed by atoms with van der Waals surface area (Å²) in [6.45, 7) is 15.3. The van der Waals surface area contributed by atoms with Crippen LogP contribution in [0.5, 0.6) is 0 Å². The lowest BCUT2D eigenvalue weighted by Crippen LogP contribution is -2.27. The summed E-state index contributed by atoms with van der Waals surface area (Å²) in [7, 11) is 0. The standard InChI is InChI=1S/C34H51NO2S/c1-23(2)13-10-14-24(3)15-11-16-25(4)17-12-21-34(7,37)22-20-28-32(36)27(6)26(5)31-33(28)38-30-19-9-8-18-29(30)35-31/h8-9,18-19,23-25,37H,10-17,20-22H2,1-7H3/t24-,25-,34?/m1/s1. The van der Waals surface area contributed by atoms with E-state index in [9.17, 15) is 9.90 Å². The van der Waals surface area contributed by atoms with Crippen molar-refractivity contribution in [2.75, 3.05) is 0 Å². The fourth-order valence-electron chi connectivity index (χ4n) is 5.66. The largest absolute Gasteiger partial charge is 0.390 e. The van der Waals surface area contributed by atoms with Crippen LogP contribution in [0.25, 0.3) is 20.8 Å². The molecule has 0 spiro atoms. The van der Waals surface area contributed by atoms with Crippen LogP contribution in [-0.4, -0.2) is 15.7 Å². The van der Waals surface area contributed by atoms with Crippen molar-refractivity contribution in [3.63, 3.8) is 0 Å². The molecule has 38 heavy (non-hydrogen) atoms. The third kappa shape index (κ3) is 8.61. The number of rotatable bonds is 15. The van der Waals surface area contributed by atoms with Gasteiger partial charge in [-0.3, -0.25) is 4.79 Å². The third-order valence-electron chi connectivity index (χ3n) is 8.53. The van der Waals surface area contributed by atoms with Crippen LogP contribution in [0.3, 0.4) is 0 Å². The lowest BCUT2D eigenvalue weighted by Gasteiger charge is -2.25. The molecular weight excluding hydrogens is 486 g/mol. The van der Waals surface area contributed by atoms with Crippen molar-refractivity contribution in [3.05, 3.63) is 51.2 Å². The number of hydrogen-bond donors (Lipinski definition) is 1. The van der Waals surface area contributed by atoms with Gasteiger partial charge in [0.25, 0.3) is 0 Å². The van der Waals surface area contributed by atoms with Gasteiger partial charge in [0.2, 0.25) is 0 Å². The van der Waals surface area contributed by atoms with Crippen LogP contribution in [0.2, 0.25) is 0 Å². The smallest absolute Gasteiger partial charge is 0.186 e. The predicted molar refractivity (Wildman–Crippen MR) is 166 cm³/mol. The summed E-state index contributed by atoms with van der Waals surface area (Å²) in [5.41, 5.74) is 3.83. The maximum absolute atomic E-state index is 13.3. The molecule has 0 saturated heterocycles. The van der Waals surface area contributed by atoms with E-state index >= 15 is 0 Å². The summed E-state index contributed by atoms with van der Waals surface area (Å²) < 4.78 is 1.09. The minimum absolute atomic E-state index is 0.117. The predicted octanol–water partition coefficient (Wildman–Crippen LogP) is 9.50. The normalized spacial score (nSPS) is 15.3. The van der Waals surface area contributed by atoms with Gasteiger partial charge in [-0.2, -0.15) is 0 Å². The van der Waals surface area contributed by atoms with Crippen molar-refractivity contribution in [2.45, 2.75) is 125 Å². The Bertz CT molecular complexity index is 1200. The second-order valence-corrected chi connectivity index (χ2v) is 13.8. The Balaban J connectivity index is 1.52. The van der Waals surface area contributed by atoms with E-state index in [1.54, 1.807) is 11.3 Å². The highest BCUT2D eigenvalue weighted by Gasteiger charge is 2.25. The summed E-state index contributed by atoms with van der Waals surface area (Å²) in [5, 5.41) is 11.2. The fraction of sp³-hybridized carbons (Fsp3) is 0.647. The molecule has 0 saturated carbocycles.